The maximum Gasteiger partial charge on any atom is 0.0321 e. The minimum atomic E-state index is -1.27. The maximum absolute atomic E-state index is 7.99. The van der Waals surface area contributed by atoms with Gasteiger partial charge in [-0.05, 0) is 17.4 Å². The van der Waals surface area contributed by atoms with Crippen molar-refractivity contribution >= 4 is 0 Å². The van der Waals surface area contributed by atoms with E-state index in [9.17, 15) is 0 Å². The Morgan fingerprint density at radius 1 is 1.18 bits per heavy atom. The van der Waals surface area contributed by atoms with Crippen molar-refractivity contribution < 1.29 is 2.74 Å². The first-order chi connectivity index (χ1) is 5.86. The van der Waals surface area contributed by atoms with Crippen LogP contribution in [0, 0.1) is 5.41 Å². The Balaban J connectivity index is 3.08. The molecule has 0 aliphatic rings. The third-order valence-corrected chi connectivity index (χ3v) is 1.29. The van der Waals surface area contributed by atoms with Gasteiger partial charge in [-0.2, -0.15) is 0 Å². The van der Waals surface area contributed by atoms with Crippen LogP contribution in [-0.4, -0.2) is 0 Å². The highest BCUT2D eigenvalue weighted by Gasteiger charge is 2.09. The van der Waals surface area contributed by atoms with E-state index in [-0.39, 0.29) is 5.41 Å². The summed E-state index contributed by atoms with van der Waals surface area (Å²) in [6.45, 7) is 5.75. The van der Waals surface area contributed by atoms with Gasteiger partial charge >= 0.3 is 0 Å². The molecule has 0 heterocycles. The second-order valence-electron chi connectivity index (χ2n) is 3.74. The Kier molecular flexibility index (Phi) is 1.63. The van der Waals surface area contributed by atoms with Gasteiger partial charge in [0.05, 0.1) is 0 Å². The average Bonchev–Trinajstić information content (AvgIpc) is 2.04. The molecule has 0 bridgehead atoms. The van der Waals surface area contributed by atoms with Gasteiger partial charge in [-0.25, -0.2) is 0 Å². The third-order valence-electron chi connectivity index (χ3n) is 1.29. The lowest BCUT2D eigenvalue weighted by Crippen LogP contribution is -2.08. The van der Waals surface area contributed by atoms with Gasteiger partial charge in [0.25, 0.3) is 0 Å². The second kappa shape index (κ2) is 3.08. The highest BCUT2D eigenvalue weighted by molar-refractivity contribution is 5.15. The molecule has 0 fully saturated rings. The molecule has 0 aromatic heterocycles. The van der Waals surface area contributed by atoms with Gasteiger partial charge in [-0.1, -0.05) is 51.1 Å². The number of hydrogen-bond acceptors (Lipinski definition) is 0. The minimum Gasteiger partial charge on any atom is -0.0622 e. The molecule has 0 heteroatoms. The van der Waals surface area contributed by atoms with Gasteiger partial charge in [-0.15, -0.1) is 0 Å². The summed E-state index contributed by atoms with van der Waals surface area (Å²) in [6.07, 6.45) is -1.27. The molecule has 60 valence electrons. The molecule has 0 amide bonds. The fourth-order valence-electron chi connectivity index (χ4n) is 0.954. The molecule has 0 radical (unpaired) electrons. The highest BCUT2D eigenvalue weighted by Crippen LogP contribution is 2.19. The Hall–Kier alpha value is -0.780. The smallest absolute Gasteiger partial charge is 0.0321 e. The van der Waals surface area contributed by atoms with E-state index in [4.69, 9.17) is 2.74 Å². The number of hydrogen-bond donors (Lipinski definition) is 0. The van der Waals surface area contributed by atoms with Crippen molar-refractivity contribution in [3.05, 3.63) is 35.9 Å². The summed E-state index contributed by atoms with van der Waals surface area (Å²) in [5.74, 6) is 0. The quantitative estimate of drug-likeness (QED) is 0.576. The molecule has 0 saturated carbocycles. The van der Waals surface area contributed by atoms with Gasteiger partial charge in [-0.3, -0.25) is 0 Å². The fourth-order valence-corrected chi connectivity index (χ4v) is 0.954. The van der Waals surface area contributed by atoms with E-state index >= 15 is 0 Å². The van der Waals surface area contributed by atoms with Gasteiger partial charge in [0.15, 0.2) is 0 Å². The Morgan fingerprint density at radius 2 is 1.73 bits per heavy atom. The molecule has 0 atom stereocenters. The van der Waals surface area contributed by atoms with Crippen molar-refractivity contribution in [1.82, 2.24) is 0 Å². The van der Waals surface area contributed by atoms with Gasteiger partial charge in [0.1, 0.15) is 0 Å². The molecule has 1 aromatic carbocycles. The predicted octanol–water partition coefficient (Wildman–Crippen LogP) is 3.28. The van der Waals surface area contributed by atoms with Crippen LogP contribution in [0.2, 0.25) is 0 Å². The summed E-state index contributed by atoms with van der Waals surface area (Å²) >= 11 is 0. The maximum atomic E-state index is 7.99. The summed E-state index contributed by atoms with van der Waals surface area (Å²) in [5, 5.41) is 0. The second-order valence-corrected chi connectivity index (χ2v) is 3.74. The van der Waals surface area contributed by atoms with Gasteiger partial charge in [0, 0.05) is 2.74 Å². The molecule has 0 aliphatic heterocycles. The van der Waals surface area contributed by atoms with E-state index in [0.717, 1.165) is 5.56 Å². The summed E-state index contributed by atoms with van der Waals surface area (Å²) in [7, 11) is 0. The lowest BCUT2D eigenvalue weighted by molar-refractivity contribution is 0.411. The van der Waals surface area contributed by atoms with Crippen molar-refractivity contribution in [3.63, 3.8) is 0 Å². The van der Waals surface area contributed by atoms with Crippen LogP contribution in [0.1, 0.15) is 29.1 Å². The van der Waals surface area contributed by atoms with E-state index < -0.39 is 6.37 Å². The van der Waals surface area contributed by atoms with Gasteiger partial charge < -0.3 is 0 Å². The predicted molar refractivity (Wildman–Crippen MR) is 49.6 cm³/mol. The van der Waals surface area contributed by atoms with Crippen LogP contribution in [0.3, 0.4) is 0 Å². The molecule has 0 saturated heterocycles. The van der Waals surface area contributed by atoms with Gasteiger partial charge in [0.2, 0.25) is 0 Å². The van der Waals surface area contributed by atoms with Crippen LogP contribution in [-0.2, 0) is 6.37 Å². The molecule has 0 spiro atoms. The first kappa shape index (κ1) is 5.82. The van der Waals surface area contributed by atoms with E-state index in [1.165, 1.54) is 0 Å². The summed E-state index contributed by atoms with van der Waals surface area (Å²) in [5.41, 5.74) is 0.386. The van der Waals surface area contributed by atoms with Crippen LogP contribution in [0.4, 0.5) is 0 Å². The number of rotatable bonds is 1. The fraction of sp³-hybridized carbons (Fsp3) is 0.455. The Morgan fingerprint density at radius 3 is 2.18 bits per heavy atom. The standard InChI is InChI=1S/C11H16/c1-11(2,3)9-10-7-5-4-6-8-10/h4-8H,9H2,1-3H3/i9D2. The van der Waals surface area contributed by atoms with E-state index in [2.05, 4.69) is 0 Å². The molecule has 1 aromatic rings. The molecule has 0 aliphatic carbocycles. The first-order valence-corrected chi connectivity index (χ1v) is 3.91. The van der Waals surface area contributed by atoms with Crippen LogP contribution >= 0.6 is 0 Å². The van der Waals surface area contributed by atoms with Crippen LogP contribution in [0.5, 0.6) is 0 Å². The summed E-state index contributed by atoms with van der Waals surface area (Å²) < 4.78 is 16.0. The van der Waals surface area contributed by atoms with Crippen molar-refractivity contribution in [2.45, 2.75) is 27.1 Å². The molecule has 1 rings (SSSR count). The molecule has 0 nitrogen and oxygen atoms in total. The normalized spacial score (nSPS) is 15.5. The molecule has 11 heavy (non-hydrogen) atoms. The van der Waals surface area contributed by atoms with E-state index in [1.807, 2.05) is 51.1 Å². The van der Waals surface area contributed by atoms with E-state index in [1.54, 1.807) is 0 Å². The van der Waals surface area contributed by atoms with Crippen molar-refractivity contribution in [1.29, 1.82) is 0 Å². The lowest BCUT2D eigenvalue weighted by atomic mass is 9.88. The average molecular weight is 150 g/mol. The summed E-state index contributed by atoms with van der Waals surface area (Å²) in [4.78, 5) is 0. The van der Waals surface area contributed by atoms with Crippen LogP contribution < -0.4 is 0 Å². The zero-order valence-electron chi connectivity index (χ0n) is 9.39. The van der Waals surface area contributed by atoms with Crippen molar-refractivity contribution in [3.8, 4) is 0 Å². The van der Waals surface area contributed by atoms with Crippen LogP contribution in [0.25, 0.3) is 0 Å². The largest absolute Gasteiger partial charge is 0.0622 e. The van der Waals surface area contributed by atoms with Crippen molar-refractivity contribution in [2.75, 3.05) is 0 Å². The third kappa shape index (κ3) is 3.22. The molecule has 0 unspecified atom stereocenters. The SMILES string of the molecule is [2H]C([2H])(c1ccccc1)C(C)(C)C. The zero-order chi connectivity index (χ0) is 10.1. The number of benzene rings is 1. The Bertz CT molecular complexity index is 270. The highest BCUT2D eigenvalue weighted by atomic mass is 14.1. The lowest BCUT2D eigenvalue weighted by Gasteiger charge is -2.17. The monoisotopic (exact) mass is 150 g/mol. The van der Waals surface area contributed by atoms with E-state index in [0.29, 0.717) is 0 Å². The zero-order valence-corrected chi connectivity index (χ0v) is 7.39. The first-order valence-electron chi connectivity index (χ1n) is 4.91. The van der Waals surface area contributed by atoms with Crippen molar-refractivity contribution in [2.24, 2.45) is 5.41 Å². The minimum absolute atomic E-state index is 0.367. The van der Waals surface area contributed by atoms with Crippen LogP contribution in [0.15, 0.2) is 30.3 Å². The molecular weight excluding hydrogens is 132 g/mol. The summed E-state index contributed by atoms with van der Waals surface area (Å²) in [6, 6.07) is 9.33. The topological polar surface area (TPSA) is 0 Å². The molecule has 0 N–H and O–H groups in total. The molecular formula is C11H16. The Labute approximate surface area is 72.1 Å².